The number of ether oxygens (including phenoxy) is 3. The van der Waals surface area contributed by atoms with E-state index in [0.717, 1.165) is 5.56 Å². The van der Waals surface area contributed by atoms with Crippen molar-refractivity contribution in [1.29, 1.82) is 0 Å². The van der Waals surface area contributed by atoms with Gasteiger partial charge in [0.2, 0.25) is 0 Å². The number of carbonyl (C=O) groups excluding carboxylic acids is 1. The molecule has 0 bridgehead atoms. The molecule has 0 N–H and O–H groups in total. The van der Waals surface area contributed by atoms with Crippen LogP contribution in [0, 0.1) is 0 Å². The normalized spacial score (nSPS) is 12.8. The zero-order chi connectivity index (χ0) is 15.0. The summed E-state index contributed by atoms with van der Waals surface area (Å²) >= 11 is 6.00. The maximum absolute atomic E-state index is 12.5. The van der Waals surface area contributed by atoms with Crippen LogP contribution < -0.4 is 14.2 Å². The third kappa shape index (κ3) is 2.43. The molecule has 3 rings (SSSR count). The second-order valence-electron chi connectivity index (χ2n) is 4.66. The van der Waals surface area contributed by atoms with Gasteiger partial charge < -0.3 is 14.2 Å². The van der Waals surface area contributed by atoms with Gasteiger partial charge in [-0.2, -0.15) is 0 Å². The number of hydrogen-bond donors (Lipinski definition) is 0. The van der Waals surface area contributed by atoms with E-state index in [1.807, 2.05) is 0 Å². The van der Waals surface area contributed by atoms with Crippen molar-refractivity contribution in [2.24, 2.45) is 0 Å². The van der Waals surface area contributed by atoms with E-state index in [9.17, 15) is 4.79 Å². The summed E-state index contributed by atoms with van der Waals surface area (Å²) in [7, 11) is 3.06. The maximum atomic E-state index is 12.5. The van der Waals surface area contributed by atoms with Gasteiger partial charge in [0.15, 0.2) is 5.78 Å². The molecule has 4 nitrogen and oxygen atoms in total. The van der Waals surface area contributed by atoms with Gasteiger partial charge in [0.05, 0.1) is 14.2 Å². The van der Waals surface area contributed by atoms with Gasteiger partial charge in [0, 0.05) is 29.1 Å². The van der Waals surface area contributed by atoms with Crippen LogP contribution in [0.25, 0.3) is 0 Å². The molecule has 21 heavy (non-hydrogen) atoms. The summed E-state index contributed by atoms with van der Waals surface area (Å²) in [6, 6.07) is 8.58. The van der Waals surface area contributed by atoms with E-state index in [1.54, 1.807) is 37.4 Å². The second kappa shape index (κ2) is 5.30. The zero-order valence-corrected chi connectivity index (χ0v) is 12.4. The van der Waals surface area contributed by atoms with Crippen LogP contribution in [-0.4, -0.2) is 20.0 Å². The Kier molecular flexibility index (Phi) is 3.47. The van der Waals surface area contributed by atoms with Crippen LogP contribution >= 0.6 is 11.6 Å². The number of Topliss-reactive ketones (excluding diaryl/α,β-unsaturated/α-hetero) is 1. The molecule has 0 aliphatic carbocycles. The highest BCUT2D eigenvalue weighted by molar-refractivity contribution is 6.30. The Morgan fingerprint density at radius 2 is 1.90 bits per heavy atom. The lowest BCUT2D eigenvalue weighted by molar-refractivity contribution is 0.0990. The molecule has 0 unspecified atom stereocenters. The van der Waals surface area contributed by atoms with Crippen LogP contribution in [0.1, 0.15) is 15.9 Å². The quantitative estimate of drug-likeness (QED) is 0.844. The average Bonchev–Trinajstić information content (AvgIpc) is 2.61. The predicted octanol–water partition coefficient (Wildman–Crippen LogP) is 3.89. The lowest BCUT2D eigenvalue weighted by Crippen LogP contribution is -2.05. The Balaban J connectivity index is 2.20. The molecule has 0 aromatic heterocycles. The summed E-state index contributed by atoms with van der Waals surface area (Å²) in [5.41, 5.74) is 1.22. The minimum Gasteiger partial charge on any atom is -0.496 e. The molecular weight excluding hydrogens is 292 g/mol. The highest BCUT2D eigenvalue weighted by atomic mass is 35.5. The summed E-state index contributed by atoms with van der Waals surface area (Å²) in [5.74, 6) is 1.92. The third-order valence-electron chi connectivity index (χ3n) is 3.37. The lowest BCUT2D eigenvalue weighted by Gasteiger charge is -2.13. The number of hydrogen-bond acceptors (Lipinski definition) is 4. The van der Waals surface area contributed by atoms with Crippen molar-refractivity contribution in [2.75, 3.05) is 14.2 Å². The monoisotopic (exact) mass is 304 g/mol. The van der Waals surface area contributed by atoms with E-state index in [-0.39, 0.29) is 12.2 Å². The van der Waals surface area contributed by atoms with Gasteiger partial charge in [-0.15, -0.1) is 0 Å². The summed E-state index contributed by atoms with van der Waals surface area (Å²) < 4.78 is 16.4. The molecule has 0 saturated heterocycles. The van der Waals surface area contributed by atoms with Gasteiger partial charge in [-0.25, -0.2) is 0 Å². The summed E-state index contributed by atoms with van der Waals surface area (Å²) in [5, 5.41) is 0.555. The Hall–Kier alpha value is -2.20. The molecule has 0 spiro atoms. The van der Waals surface area contributed by atoms with E-state index < -0.39 is 0 Å². The summed E-state index contributed by atoms with van der Waals surface area (Å²) in [6.45, 7) is 0. The fourth-order valence-corrected chi connectivity index (χ4v) is 2.51. The fourth-order valence-electron chi connectivity index (χ4n) is 2.35. The van der Waals surface area contributed by atoms with Gasteiger partial charge in [-0.1, -0.05) is 17.7 Å². The van der Waals surface area contributed by atoms with E-state index in [1.165, 1.54) is 7.11 Å². The number of fused-ring (bicyclic) bond motifs is 2. The van der Waals surface area contributed by atoms with Crippen molar-refractivity contribution >= 4 is 17.4 Å². The number of ketones is 1. The van der Waals surface area contributed by atoms with Crippen LogP contribution in [-0.2, 0) is 6.42 Å². The first kappa shape index (κ1) is 13.8. The highest BCUT2D eigenvalue weighted by Gasteiger charge is 2.26. The van der Waals surface area contributed by atoms with Crippen LogP contribution in [0.2, 0.25) is 5.02 Å². The van der Waals surface area contributed by atoms with Crippen molar-refractivity contribution in [2.45, 2.75) is 6.42 Å². The third-order valence-corrected chi connectivity index (χ3v) is 3.61. The van der Waals surface area contributed by atoms with Crippen LogP contribution in [0.4, 0.5) is 0 Å². The minimum absolute atomic E-state index is 0.0643. The molecule has 1 aliphatic heterocycles. The van der Waals surface area contributed by atoms with Gasteiger partial charge >= 0.3 is 0 Å². The topological polar surface area (TPSA) is 44.8 Å². The van der Waals surface area contributed by atoms with Crippen molar-refractivity contribution in [1.82, 2.24) is 0 Å². The summed E-state index contributed by atoms with van der Waals surface area (Å²) in [6.07, 6.45) is 0.238. The molecule has 2 aromatic carbocycles. The van der Waals surface area contributed by atoms with Crippen LogP contribution in [0.3, 0.4) is 0 Å². The smallest absolute Gasteiger partial charge is 0.174 e. The van der Waals surface area contributed by atoms with Crippen molar-refractivity contribution in [3.05, 3.63) is 46.5 Å². The maximum Gasteiger partial charge on any atom is 0.174 e. The number of rotatable bonds is 2. The van der Waals surface area contributed by atoms with Crippen molar-refractivity contribution in [3.63, 3.8) is 0 Å². The fraction of sp³-hybridized carbons (Fsp3) is 0.188. The largest absolute Gasteiger partial charge is 0.496 e. The molecule has 0 amide bonds. The Labute approximate surface area is 127 Å². The minimum atomic E-state index is -0.0643. The van der Waals surface area contributed by atoms with E-state index in [2.05, 4.69) is 0 Å². The average molecular weight is 305 g/mol. The molecule has 108 valence electrons. The first-order valence-corrected chi connectivity index (χ1v) is 6.75. The van der Waals surface area contributed by atoms with E-state index >= 15 is 0 Å². The zero-order valence-electron chi connectivity index (χ0n) is 11.6. The number of methoxy groups -OCH3 is 2. The Bertz CT molecular complexity index is 724. The van der Waals surface area contributed by atoms with Gasteiger partial charge in [-0.05, 0) is 12.1 Å². The Morgan fingerprint density at radius 3 is 2.62 bits per heavy atom. The van der Waals surface area contributed by atoms with Gasteiger partial charge in [-0.3, -0.25) is 4.79 Å². The second-order valence-corrected chi connectivity index (χ2v) is 5.09. The molecule has 0 fully saturated rings. The predicted molar refractivity (Wildman–Crippen MR) is 79.1 cm³/mol. The number of carbonyl (C=O) groups is 1. The molecule has 0 atom stereocenters. The first-order chi connectivity index (χ1) is 10.1. The molecule has 2 aromatic rings. The molecule has 0 radical (unpaired) electrons. The standard InChI is InChI=1S/C16H13ClO4/c1-19-11-7-14(20-2)16-12(18)5-9-3-4-10(17)6-13(9)21-15(16)8-11/h3-4,6-8H,5H2,1-2H3. The first-order valence-electron chi connectivity index (χ1n) is 6.38. The van der Waals surface area contributed by atoms with Crippen molar-refractivity contribution < 1.29 is 19.0 Å². The van der Waals surface area contributed by atoms with Gasteiger partial charge in [0.1, 0.15) is 28.6 Å². The van der Waals surface area contributed by atoms with Crippen molar-refractivity contribution in [3.8, 4) is 23.0 Å². The number of halogens is 1. The van der Waals surface area contributed by atoms with E-state index in [4.69, 9.17) is 25.8 Å². The molecular formula is C16H13ClO4. The summed E-state index contributed by atoms with van der Waals surface area (Å²) in [4.78, 5) is 12.5. The Morgan fingerprint density at radius 1 is 1.10 bits per heavy atom. The highest BCUT2D eigenvalue weighted by Crippen LogP contribution is 2.41. The van der Waals surface area contributed by atoms with Gasteiger partial charge in [0.25, 0.3) is 0 Å². The van der Waals surface area contributed by atoms with E-state index in [0.29, 0.717) is 33.6 Å². The molecule has 0 saturated carbocycles. The van der Waals surface area contributed by atoms with Crippen LogP contribution in [0.15, 0.2) is 30.3 Å². The number of benzene rings is 2. The molecule has 1 heterocycles. The molecule has 5 heteroatoms. The SMILES string of the molecule is COc1cc(OC)c2c(c1)Oc1cc(Cl)ccc1CC2=O. The van der Waals surface area contributed by atoms with Crippen LogP contribution in [0.5, 0.6) is 23.0 Å². The lowest BCUT2D eigenvalue weighted by atomic mass is 10.0. The molecule has 1 aliphatic rings.